The van der Waals surface area contributed by atoms with Crippen molar-refractivity contribution in [1.82, 2.24) is 0 Å². The molecular weight excluding hydrogens is 134 g/mol. The van der Waals surface area contributed by atoms with Crippen molar-refractivity contribution in [2.75, 3.05) is 13.2 Å². The first kappa shape index (κ1) is 6.89. The molecule has 1 heterocycles. The van der Waals surface area contributed by atoms with Gasteiger partial charge >= 0.3 is 5.97 Å². The Bertz CT molecular complexity index is 185. The monoisotopic (exact) mass is 141 g/mol. The number of hydrogen-bond acceptors (Lipinski definition) is 3. The molecule has 0 aromatic rings. The van der Waals surface area contributed by atoms with Gasteiger partial charge in [-0.15, -0.1) is 0 Å². The fourth-order valence-electron chi connectivity index (χ4n) is 0.834. The minimum Gasteiger partial charge on any atom is -0.465 e. The third-order valence-electron chi connectivity index (χ3n) is 1.34. The van der Waals surface area contributed by atoms with E-state index < -0.39 is 0 Å². The first-order valence-corrected chi connectivity index (χ1v) is 2.99. The highest BCUT2D eigenvalue weighted by Gasteiger charge is 2.22. The Morgan fingerprint density at radius 2 is 2.70 bits per heavy atom. The summed E-state index contributed by atoms with van der Waals surface area (Å²) in [7, 11) is 0. The molecule has 1 saturated heterocycles. The summed E-state index contributed by atoms with van der Waals surface area (Å²) in [6.45, 7) is 0.764. The lowest BCUT2D eigenvalue weighted by atomic mass is 10.1. The molecule has 0 bridgehead atoms. The fraction of sp³-hybridized carbons (Fsp3) is 0.800. The van der Waals surface area contributed by atoms with Crippen LogP contribution in [0.4, 0.5) is 0 Å². The van der Waals surface area contributed by atoms with Gasteiger partial charge in [0.25, 0.3) is 0 Å². The van der Waals surface area contributed by atoms with Crippen molar-refractivity contribution in [2.45, 2.75) is 6.42 Å². The van der Waals surface area contributed by atoms with Gasteiger partial charge in [-0.1, -0.05) is 5.11 Å². The van der Waals surface area contributed by atoms with Gasteiger partial charge in [-0.05, 0) is 5.53 Å². The molecule has 5 nitrogen and oxygen atoms in total. The van der Waals surface area contributed by atoms with Gasteiger partial charge in [0.15, 0.2) is 0 Å². The van der Waals surface area contributed by atoms with E-state index in [1.807, 2.05) is 0 Å². The minimum atomic E-state index is -0.196. The molecule has 0 amide bonds. The van der Waals surface area contributed by atoms with Crippen LogP contribution >= 0.6 is 0 Å². The minimum absolute atomic E-state index is 0.100. The van der Waals surface area contributed by atoms with E-state index in [1.54, 1.807) is 0 Å². The summed E-state index contributed by atoms with van der Waals surface area (Å²) >= 11 is 0. The van der Waals surface area contributed by atoms with Crippen molar-refractivity contribution < 1.29 is 9.53 Å². The number of nitrogens with zero attached hydrogens (tertiary/aromatic N) is 3. The van der Waals surface area contributed by atoms with Crippen LogP contribution in [-0.2, 0) is 9.53 Å². The molecule has 0 spiro atoms. The lowest BCUT2D eigenvalue weighted by Crippen LogP contribution is -2.02. The molecule has 54 valence electrons. The smallest absolute Gasteiger partial charge is 0.306 e. The van der Waals surface area contributed by atoms with Gasteiger partial charge in [0.2, 0.25) is 0 Å². The van der Waals surface area contributed by atoms with E-state index in [1.165, 1.54) is 0 Å². The number of cyclic esters (lactones) is 1. The molecule has 1 aliphatic heterocycles. The molecule has 0 radical (unpaired) electrons. The maximum atomic E-state index is 10.5. The lowest BCUT2D eigenvalue weighted by molar-refractivity contribution is -0.137. The summed E-state index contributed by atoms with van der Waals surface area (Å²) < 4.78 is 4.64. The predicted octanol–water partition coefficient (Wildman–Crippen LogP) is 0.860. The van der Waals surface area contributed by atoms with Gasteiger partial charge in [-0.3, -0.25) is 4.79 Å². The Labute approximate surface area is 57.6 Å². The zero-order valence-electron chi connectivity index (χ0n) is 5.36. The van der Waals surface area contributed by atoms with E-state index in [-0.39, 0.29) is 11.9 Å². The van der Waals surface area contributed by atoms with E-state index >= 15 is 0 Å². The molecule has 5 heteroatoms. The van der Waals surface area contributed by atoms with Crippen molar-refractivity contribution in [3.63, 3.8) is 0 Å². The summed E-state index contributed by atoms with van der Waals surface area (Å²) in [5, 5.41) is 3.34. The molecule has 0 unspecified atom stereocenters. The van der Waals surface area contributed by atoms with Gasteiger partial charge in [-0.2, -0.15) is 0 Å². The number of esters is 1. The normalized spacial score (nSPS) is 23.6. The molecule has 0 aliphatic carbocycles. The van der Waals surface area contributed by atoms with Crippen molar-refractivity contribution in [2.24, 2.45) is 11.0 Å². The molecule has 1 aliphatic rings. The summed E-state index contributed by atoms with van der Waals surface area (Å²) in [6, 6.07) is 0. The predicted molar refractivity (Wildman–Crippen MR) is 33.1 cm³/mol. The summed E-state index contributed by atoms with van der Waals surface area (Å²) in [5.74, 6) is -0.0958. The van der Waals surface area contributed by atoms with Gasteiger partial charge in [0, 0.05) is 17.4 Å². The van der Waals surface area contributed by atoms with Gasteiger partial charge < -0.3 is 4.74 Å². The highest BCUT2D eigenvalue weighted by molar-refractivity contribution is 5.71. The Hall–Kier alpha value is -1.22. The molecule has 0 saturated carbocycles. The molecule has 1 atom stereocenters. The van der Waals surface area contributed by atoms with Gasteiger partial charge in [0.05, 0.1) is 13.0 Å². The molecule has 1 rings (SSSR count). The lowest BCUT2D eigenvalue weighted by Gasteiger charge is -1.95. The zero-order valence-corrected chi connectivity index (χ0v) is 5.36. The summed E-state index contributed by atoms with van der Waals surface area (Å²) in [6.07, 6.45) is 0.388. The van der Waals surface area contributed by atoms with Crippen LogP contribution in [0.5, 0.6) is 0 Å². The van der Waals surface area contributed by atoms with Gasteiger partial charge in [-0.25, -0.2) is 0 Å². The molecule has 0 aromatic heterocycles. The van der Waals surface area contributed by atoms with Crippen LogP contribution < -0.4 is 0 Å². The van der Waals surface area contributed by atoms with Crippen molar-refractivity contribution in [3.8, 4) is 0 Å². The van der Waals surface area contributed by atoms with Crippen LogP contribution in [0.25, 0.3) is 10.4 Å². The van der Waals surface area contributed by atoms with E-state index in [4.69, 9.17) is 5.53 Å². The number of carbonyl (C=O) groups excluding carboxylic acids is 1. The Morgan fingerprint density at radius 1 is 1.90 bits per heavy atom. The molecule has 1 fully saturated rings. The third-order valence-corrected chi connectivity index (χ3v) is 1.34. The molecule has 0 N–H and O–H groups in total. The highest BCUT2D eigenvalue weighted by Crippen LogP contribution is 2.13. The number of azide groups is 1. The first-order chi connectivity index (χ1) is 4.83. The SMILES string of the molecule is [N-]=[N+]=NC[C@@H]1COC(=O)C1. The van der Waals surface area contributed by atoms with E-state index in [0.29, 0.717) is 19.6 Å². The second-order valence-corrected chi connectivity index (χ2v) is 2.17. The van der Waals surface area contributed by atoms with Crippen LogP contribution in [0.15, 0.2) is 5.11 Å². The largest absolute Gasteiger partial charge is 0.465 e. The molecule has 10 heavy (non-hydrogen) atoms. The summed E-state index contributed by atoms with van der Waals surface area (Å²) in [5.41, 5.74) is 7.93. The maximum absolute atomic E-state index is 10.5. The Balaban J connectivity index is 2.31. The number of hydrogen-bond donors (Lipinski definition) is 0. The van der Waals surface area contributed by atoms with Crippen LogP contribution in [0.2, 0.25) is 0 Å². The van der Waals surface area contributed by atoms with E-state index in [2.05, 4.69) is 14.8 Å². The Kier molecular flexibility index (Phi) is 2.12. The number of carbonyl (C=O) groups is 1. The van der Waals surface area contributed by atoms with Crippen LogP contribution in [0.1, 0.15) is 6.42 Å². The van der Waals surface area contributed by atoms with Crippen molar-refractivity contribution in [1.29, 1.82) is 0 Å². The average Bonchev–Trinajstić information content (AvgIpc) is 2.31. The van der Waals surface area contributed by atoms with Crippen molar-refractivity contribution in [3.05, 3.63) is 10.4 Å². The Morgan fingerprint density at radius 3 is 3.20 bits per heavy atom. The number of ether oxygens (including phenoxy) is 1. The third kappa shape index (κ3) is 1.63. The summed E-state index contributed by atoms with van der Waals surface area (Å²) in [4.78, 5) is 13.0. The zero-order chi connectivity index (χ0) is 7.40. The fourth-order valence-corrected chi connectivity index (χ4v) is 0.834. The van der Waals surface area contributed by atoms with E-state index in [0.717, 1.165) is 0 Å². The average molecular weight is 141 g/mol. The van der Waals surface area contributed by atoms with Gasteiger partial charge in [0.1, 0.15) is 0 Å². The highest BCUT2D eigenvalue weighted by atomic mass is 16.5. The second-order valence-electron chi connectivity index (χ2n) is 2.17. The molecule has 0 aromatic carbocycles. The molecular formula is C5H7N3O2. The standard InChI is InChI=1S/C5H7N3O2/c6-8-7-2-4-1-5(9)10-3-4/h4H,1-3H2/t4-/m1/s1. The van der Waals surface area contributed by atoms with Crippen molar-refractivity contribution >= 4 is 5.97 Å². The second kappa shape index (κ2) is 3.08. The first-order valence-electron chi connectivity index (χ1n) is 2.99. The number of rotatable bonds is 2. The topological polar surface area (TPSA) is 75.1 Å². The van der Waals surface area contributed by atoms with Crippen LogP contribution in [0.3, 0.4) is 0 Å². The maximum Gasteiger partial charge on any atom is 0.306 e. The van der Waals surface area contributed by atoms with E-state index in [9.17, 15) is 4.79 Å². The quantitative estimate of drug-likeness (QED) is 0.247. The van der Waals surface area contributed by atoms with Crippen LogP contribution in [-0.4, -0.2) is 19.1 Å². The van der Waals surface area contributed by atoms with Crippen LogP contribution in [0, 0.1) is 5.92 Å².